The predicted molar refractivity (Wildman–Crippen MR) is 93.0 cm³/mol. The molecule has 0 N–H and O–H groups in total. The third-order valence-corrected chi connectivity index (χ3v) is 4.13. The number of hydrogen-bond donors (Lipinski definition) is 0. The van der Waals surface area contributed by atoms with E-state index in [1.807, 2.05) is 0 Å². The van der Waals surface area contributed by atoms with Crippen molar-refractivity contribution in [3.63, 3.8) is 0 Å². The number of allylic oxidation sites excluding steroid dienone is 3. The first-order valence-electron chi connectivity index (χ1n) is 7.43. The Balaban J connectivity index is 1.82. The van der Waals surface area contributed by atoms with Crippen LogP contribution in [0.2, 0.25) is 0 Å². The molecule has 4 rings (SSSR count). The Hall–Kier alpha value is -2.78. The van der Waals surface area contributed by atoms with Gasteiger partial charge in [0.25, 0.3) is 0 Å². The van der Waals surface area contributed by atoms with E-state index >= 15 is 0 Å². The normalized spacial score (nSPS) is 19.9. The van der Waals surface area contributed by atoms with Crippen LogP contribution in [0.15, 0.2) is 47.4 Å². The number of halogens is 1. The highest BCUT2D eigenvalue weighted by atomic mass is 32.1. The maximum absolute atomic E-state index is 13.4. The molecule has 1 unspecified atom stereocenters. The molecule has 9 heteroatoms. The van der Waals surface area contributed by atoms with Gasteiger partial charge in [-0.25, -0.2) is 18.9 Å². The lowest BCUT2D eigenvalue weighted by atomic mass is 9.95. The summed E-state index contributed by atoms with van der Waals surface area (Å²) in [5, 5.41) is 4.33. The molecule has 0 radical (unpaired) electrons. The monoisotopic (exact) mass is 357 g/mol. The highest BCUT2D eigenvalue weighted by Crippen LogP contribution is 2.29. The number of aromatic nitrogens is 3. The molecular formula is C16H12FN5O2S. The van der Waals surface area contributed by atoms with Gasteiger partial charge in [0, 0.05) is 13.3 Å². The molecule has 2 aromatic rings. The van der Waals surface area contributed by atoms with Crippen molar-refractivity contribution < 1.29 is 13.9 Å². The number of pyridine rings is 1. The first-order chi connectivity index (χ1) is 12.1. The highest BCUT2D eigenvalue weighted by Gasteiger charge is 2.36. The minimum atomic E-state index is -0.673. The molecule has 0 spiro atoms. The van der Waals surface area contributed by atoms with E-state index < -0.39 is 11.7 Å². The minimum Gasteiger partial charge on any atom is -0.377 e. The van der Waals surface area contributed by atoms with Gasteiger partial charge >= 0.3 is 0 Å². The van der Waals surface area contributed by atoms with Crippen molar-refractivity contribution >= 4 is 40.3 Å². The Morgan fingerprint density at radius 1 is 1.44 bits per heavy atom. The number of carbonyl (C=O) groups excluding carboxylic acids is 1. The Morgan fingerprint density at radius 2 is 2.28 bits per heavy atom. The summed E-state index contributed by atoms with van der Waals surface area (Å²) in [7, 11) is 1.55. The van der Waals surface area contributed by atoms with Gasteiger partial charge in [0.05, 0.1) is 17.3 Å². The van der Waals surface area contributed by atoms with Crippen LogP contribution in [-0.4, -0.2) is 38.4 Å². The molecule has 126 valence electrons. The fraction of sp³-hybridized carbons (Fsp3) is 0.188. The maximum Gasteiger partial charge on any atom is 0.246 e. The summed E-state index contributed by atoms with van der Waals surface area (Å²) in [6, 6.07) is 3.45. The van der Waals surface area contributed by atoms with Crippen molar-refractivity contribution in [2.24, 2.45) is 10.9 Å². The molecule has 25 heavy (non-hydrogen) atoms. The number of thiocarbonyl (C=S) groups is 1. The molecule has 1 aliphatic heterocycles. The Morgan fingerprint density at radius 3 is 3.08 bits per heavy atom. The van der Waals surface area contributed by atoms with Crippen LogP contribution in [0.25, 0.3) is 5.65 Å². The second-order valence-electron chi connectivity index (χ2n) is 5.48. The first kappa shape index (κ1) is 15.7. The summed E-state index contributed by atoms with van der Waals surface area (Å²) < 4.78 is 20.0. The SMILES string of the molecule is COCc1nc2c(N3C(=O)C4C=CC(F)=CC4=NC3=S)cccn2n1. The van der Waals surface area contributed by atoms with E-state index in [9.17, 15) is 9.18 Å². The van der Waals surface area contributed by atoms with E-state index in [4.69, 9.17) is 17.0 Å². The van der Waals surface area contributed by atoms with Crippen molar-refractivity contribution in [3.8, 4) is 0 Å². The number of hydrogen-bond acceptors (Lipinski definition) is 5. The van der Waals surface area contributed by atoms with Crippen LogP contribution in [-0.2, 0) is 16.1 Å². The van der Waals surface area contributed by atoms with Crippen LogP contribution in [0.4, 0.5) is 10.1 Å². The lowest BCUT2D eigenvalue weighted by Gasteiger charge is -2.30. The van der Waals surface area contributed by atoms with Crippen LogP contribution >= 0.6 is 12.2 Å². The standard InChI is InChI=1S/C16H12FN5O2S/c1-24-8-13-19-14-12(3-2-6-21(14)20-13)22-15(23)10-5-4-9(17)7-11(10)18-16(22)25/h2-7,10H,8H2,1H3. The van der Waals surface area contributed by atoms with Gasteiger partial charge in [-0.2, -0.15) is 0 Å². The third-order valence-electron chi connectivity index (χ3n) is 3.85. The van der Waals surface area contributed by atoms with Crippen molar-refractivity contribution in [2.75, 3.05) is 12.0 Å². The number of ether oxygens (including phenoxy) is 1. The van der Waals surface area contributed by atoms with E-state index in [0.717, 1.165) is 0 Å². The number of nitrogens with zero attached hydrogens (tertiary/aromatic N) is 5. The summed E-state index contributed by atoms with van der Waals surface area (Å²) in [4.78, 5) is 22.9. The second kappa shape index (κ2) is 5.94. The molecule has 2 aliphatic rings. The van der Waals surface area contributed by atoms with Crippen LogP contribution in [0, 0.1) is 5.92 Å². The summed E-state index contributed by atoms with van der Waals surface area (Å²) in [6.45, 7) is 0.247. The number of rotatable bonds is 3. The molecule has 7 nitrogen and oxygen atoms in total. The molecule has 1 atom stereocenters. The molecule has 3 heterocycles. The fourth-order valence-electron chi connectivity index (χ4n) is 2.79. The number of methoxy groups -OCH3 is 1. The third kappa shape index (κ3) is 2.57. The zero-order chi connectivity index (χ0) is 17.6. The smallest absolute Gasteiger partial charge is 0.246 e. The summed E-state index contributed by atoms with van der Waals surface area (Å²) in [6.07, 6.45) is 5.67. The molecule has 0 saturated carbocycles. The van der Waals surface area contributed by atoms with Gasteiger partial charge in [-0.1, -0.05) is 6.08 Å². The van der Waals surface area contributed by atoms with E-state index in [1.54, 1.807) is 30.0 Å². The molecule has 0 aromatic carbocycles. The van der Waals surface area contributed by atoms with E-state index in [-0.39, 0.29) is 17.6 Å². The summed E-state index contributed by atoms with van der Waals surface area (Å²) >= 11 is 5.27. The fourth-order valence-corrected chi connectivity index (χ4v) is 3.09. The van der Waals surface area contributed by atoms with Gasteiger partial charge in [0.1, 0.15) is 12.4 Å². The van der Waals surface area contributed by atoms with E-state index in [0.29, 0.717) is 22.9 Å². The minimum absolute atomic E-state index is 0.0417. The number of carbonyl (C=O) groups is 1. The van der Waals surface area contributed by atoms with Gasteiger partial charge in [-0.3, -0.25) is 9.69 Å². The van der Waals surface area contributed by atoms with Gasteiger partial charge in [0.2, 0.25) is 11.0 Å². The Bertz CT molecular complexity index is 994. The zero-order valence-electron chi connectivity index (χ0n) is 13.1. The van der Waals surface area contributed by atoms with Crippen LogP contribution in [0.5, 0.6) is 0 Å². The lowest BCUT2D eigenvalue weighted by molar-refractivity contribution is -0.118. The van der Waals surface area contributed by atoms with Crippen molar-refractivity contribution in [2.45, 2.75) is 6.61 Å². The Kier molecular flexibility index (Phi) is 3.74. The lowest BCUT2D eigenvalue weighted by Crippen LogP contribution is -2.46. The number of anilines is 1. The van der Waals surface area contributed by atoms with Crippen LogP contribution < -0.4 is 4.90 Å². The molecular weight excluding hydrogens is 345 g/mol. The van der Waals surface area contributed by atoms with Crippen molar-refractivity contribution in [1.82, 2.24) is 14.6 Å². The average Bonchev–Trinajstić information content (AvgIpc) is 2.98. The molecule has 1 aliphatic carbocycles. The van der Waals surface area contributed by atoms with E-state index in [2.05, 4.69) is 15.1 Å². The van der Waals surface area contributed by atoms with Crippen LogP contribution in [0.1, 0.15) is 5.82 Å². The Labute approximate surface area is 147 Å². The maximum atomic E-state index is 13.4. The number of fused-ring (bicyclic) bond motifs is 2. The molecule has 0 bridgehead atoms. The van der Waals surface area contributed by atoms with Crippen molar-refractivity contribution in [1.29, 1.82) is 0 Å². The molecule has 0 fully saturated rings. The van der Waals surface area contributed by atoms with E-state index in [1.165, 1.54) is 23.1 Å². The molecule has 0 saturated heterocycles. The molecule has 1 amide bonds. The van der Waals surface area contributed by atoms with Crippen LogP contribution in [0.3, 0.4) is 0 Å². The van der Waals surface area contributed by atoms with Gasteiger partial charge in [0.15, 0.2) is 11.5 Å². The van der Waals surface area contributed by atoms with Gasteiger partial charge in [-0.15, -0.1) is 5.10 Å². The number of aliphatic imine (C=N–C) groups is 1. The van der Waals surface area contributed by atoms with Gasteiger partial charge in [-0.05, 0) is 36.5 Å². The first-order valence-corrected chi connectivity index (χ1v) is 7.84. The molecule has 2 aromatic heterocycles. The van der Waals surface area contributed by atoms with Crippen molar-refractivity contribution in [3.05, 3.63) is 48.2 Å². The number of amides is 1. The topological polar surface area (TPSA) is 72.1 Å². The highest BCUT2D eigenvalue weighted by molar-refractivity contribution is 7.80. The summed E-state index contributed by atoms with van der Waals surface area (Å²) in [5.41, 5.74) is 1.24. The largest absolute Gasteiger partial charge is 0.377 e. The average molecular weight is 357 g/mol. The van der Waals surface area contributed by atoms with Gasteiger partial charge < -0.3 is 4.74 Å². The predicted octanol–water partition coefficient (Wildman–Crippen LogP) is 1.99. The second-order valence-corrected chi connectivity index (χ2v) is 5.85. The summed E-state index contributed by atoms with van der Waals surface area (Å²) in [5.74, 6) is -0.952. The quantitative estimate of drug-likeness (QED) is 0.786. The zero-order valence-corrected chi connectivity index (χ0v) is 13.9.